The Labute approximate surface area is 189 Å². The lowest BCUT2D eigenvalue weighted by Crippen LogP contribution is -2.32. The number of ether oxygens (including phenoxy) is 1. The highest BCUT2D eigenvalue weighted by molar-refractivity contribution is 6.46. The second-order valence-corrected chi connectivity index (χ2v) is 8.37. The molecule has 3 rings (SSSR count). The Morgan fingerprint density at radius 2 is 1.75 bits per heavy atom. The number of carbonyl (C=O) groups excluding carboxylic acids is 2. The predicted octanol–water partition coefficient (Wildman–Crippen LogP) is 3.13. The maximum atomic E-state index is 13.1. The summed E-state index contributed by atoms with van der Waals surface area (Å²) in [4.78, 5) is 31.7. The van der Waals surface area contributed by atoms with Crippen LogP contribution in [-0.2, 0) is 9.59 Å². The van der Waals surface area contributed by atoms with Crippen LogP contribution in [0.15, 0.2) is 54.1 Å². The number of anilines is 1. The van der Waals surface area contributed by atoms with Crippen molar-refractivity contribution in [2.75, 3.05) is 53.3 Å². The van der Waals surface area contributed by atoms with Crippen molar-refractivity contribution >= 4 is 23.1 Å². The summed E-state index contributed by atoms with van der Waals surface area (Å²) in [6.45, 7) is 1.20. The van der Waals surface area contributed by atoms with E-state index < -0.39 is 17.7 Å². The third-order valence-corrected chi connectivity index (χ3v) is 5.61. The lowest BCUT2D eigenvalue weighted by atomic mass is 9.95. The van der Waals surface area contributed by atoms with E-state index in [9.17, 15) is 14.7 Å². The zero-order chi connectivity index (χ0) is 23.4. The fraction of sp³-hybridized carbons (Fsp3) is 0.360. The molecule has 2 aromatic rings. The Morgan fingerprint density at radius 1 is 1.06 bits per heavy atom. The minimum absolute atomic E-state index is 0.103. The van der Waals surface area contributed by atoms with Gasteiger partial charge in [0.15, 0.2) is 0 Å². The Hall–Kier alpha value is -3.32. The lowest BCUT2D eigenvalue weighted by molar-refractivity contribution is -0.139. The molecule has 1 amide bonds. The van der Waals surface area contributed by atoms with Crippen molar-refractivity contribution in [1.29, 1.82) is 0 Å². The van der Waals surface area contributed by atoms with E-state index >= 15 is 0 Å². The molecule has 1 aliphatic heterocycles. The highest BCUT2D eigenvalue weighted by Crippen LogP contribution is 2.40. The largest absolute Gasteiger partial charge is 0.507 e. The molecule has 1 aliphatic rings. The van der Waals surface area contributed by atoms with Crippen LogP contribution in [0, 0.1) is 0 Å². The van der Waals surface area contributed by atoms with Crippen molar-refractivity contribution in [2.45, 2.75) is 12.5 Å². The molecule has 2 aromatic carbocycles. The Bertz CT molecular complexity index is 1010. The van der Waals surface area contributed by atoms with Gasteiger partial charge in [0.1, 0.15) is 11.5 Å². The van der Waals surface area contributed by atoms with E-state index in [0.717, 1.165) is 17.8 Å². The van der Waals surface area contributed by atoms with Crippen LogP contribution in [0.4, 0.5) is 5.69 Å². The summed E-state index contributed by atoms with van der Waals surface area (Å²) in [5.74, 6) is -0.896. The maximum Gasteiger partial charge on any atom is 0.295 e. The van der Waals surface area contributed by atoms with Gasteiger partial charge in [-0.2, -0.15) is 0 Å². The average molecular weight is 438 g/mol. The summed E-state index contributed by atoms with van der Waals surface area (Å²) in [5.41, 5.74) is 2.33. The molecule has 1 fully saturated rings. The van der Waals surface area contributed by atoms with E-state index in [-0.39, 0.29) is 11.3 Å². The van der Waals surface area contributed by atoms with Crippen LogP contribution in [0.3, 0.4) is 0 Å². The Kier molecular flexibility index (Phi) is 7.20. The molecular weight excluding hydrogens is 406 g/mol. The molecule has 0 radical (unpaired) electrons. The van der Waals surface area contributed by atoms with Crippen molar-refractivity contribution in [1.82, 2.24) is 9.80 Å². The summed E-state index contributed by atoms with van der Waals surface area (Å²) in [6, 6.07) is 13.9. The number of ketones is 1. The SMILES string of the molecule is COc1cccc(/C(O)=C2/C(=O)C(=O)N(CCCN(C)C)C2c2ccc(N(C)C)cc2)c1. The molecule has 7 nitrogen and oxygen atoms in total. The molecule has 0 spiro atoms. The molecule has 0 aliphatic carbocycles. The number of methoxy groups -OCH3 is 1. The van der Waals surface area contributed by atoms with Crippen molar-refractivity contribution < 1.29 is 19.4 Å². The number of nitrogens with zero attached hydrogens (tertiary/aromatic N) is 3. The molecule has 1 heterocycles. The second-order valence-electron chi connectivity index (χ2n) is 8.37. The lowest BCUT2D eigenvalue weighted by Gasteiger charge is -2.26. The van der Waals surface area contributed by atoms with Gasteiger partial charge in [0.25, 0.3) is 11.7 Å². The quantitative estimate of drug-likeness (QED) is 0.389. The number of amides is 1. The number of benzene rings is 2. The van der Waals surface area contributed by atoms with E-state index in [4.69, 9.17) is 4.74 Å². The van der Waals surface area contributed by atoms with Gasteiger partial charge in [-0.15, -0.1) is 0 Å². The van der Waals surface area contributed by atoms with Crippen LogP contribution >= 0.6 is 0 Å². The van der Waals surface area contributed by atoms with Crippen LogP contribution in [-0.4, -0.2) is 75.0 Å². The number of aliphatic hydroxyl groups is 1. The first-order valence-electron chi connectivity index (χ1n) is 10.6. The van der Waals surface area contributed by atoms with Gasteiger partial charge in [-0.05, 0) is 56.9 Å². The van der Waals surface area contributed by atoms with Crippen LogP contribution in [0.1, 0.15) is 23.6 Å². The summed E-state index contributed by atoms with van der Waals surface area (Å²) in [5, 5.41) is 11.1. The Balaban J connectivity index is 2.09. The molecule has 1 unspecified atom stereocenters. The summed E-state index contributed by atoms with van der Waals surface area (Å²) < 4.78 is 5.25. The first-order chi connectivity index (χ1) is 15.2. The molecular formula is C25H31N3O4. The van der Waals surface area contributed by atoms with Crippen LogP contribution in [0.5, 0.6) is 5.75 Å². The molecule has 1 atom stereocenters. The van der Waals surface area contributed by atoms with Crippen molar-refractivity contribution in [3.05, 3.63) is 65.2 Å². The minimum Gasteiger partial charge on any atom is -0.507 e. The molecule has 32 heavy (non-hydrogen) atoms. The van der Waals surface area contributed by atoms with E-state index in [1.807, 2.05) is 62.3 Å². The van der Waals surface area contributed by atoms with Gasteiger partial charge in [-0.1, -0.05) is 24.3 Å². The van der Waals surface area contributed by atoms with Crippen molar-refractivity contribution in [2.24, 2.45) is 0 Å². The van der Waals surface area contributed by atoms with E-state index in [1.165, 1.54) is 7.11 Å². The van der Waals surface area contributed by atoms with Crippen molar-refractivity contribution in [3.8, 4) is 5.75 Å². The molecule has 7 heteroatoms. The first kappa shape index (κ1) is 23.3. The fourth-order valence-corrected chi connectivity index (χ4v) is 3.90. The monoisotopic (exact) mass is 437 g/mol. The number of carbonyl (C=O) groups is 2. The average Bonchev–Trinajstić information content (AvgIpc) is 3.03. The highest BCUT2D eigenvalue weighted by Gasteiger charge is 2.45. The van der Waals surface area contributed by atoms with E-state index in [0.29, 0.717) is 24.3 Å². The standard InChI is InChI=1S/C25H31N3O4/c1-26(2)14-7-15-28-22(17-10-12-19(13-11-17)27(3)4)21(24(30)25(28)31)23(29)18-8-6-9-20(16-18)32-5/h6,8-13,16,22,29H,7,14-15H2,1-5H3/b23-21-. The van der Waals surface area contributed by atoms with E-state index in [1.54, 1.807) is 29.2 Å². The number of aliphatic hydroxyl groups excluding tert-OH is 1. The fourth-order valence-electron chi connectivity index (χ4n) is 3.90. The Morgan fingerprint density at radius 3 is 2.34 bits per heavy atom. The number of rotatable bonds is 8. The van der Waals surface area contributed by atoms with Gasteiger partial charge in [0.2, 0.25) is 0 Å². The zero-order valence-corrected chi connectivity index (χ0v) is 19.3. The third kappa shape index (κ3) is 4.78. The minimum atomic E-state index is -0.670. The van der Waals surface area contributed by atoms with Gasteiger partial charge in [-0.3, -0.25) is 9.59 Å². The first-order valence-corrected chi connectivity index (χ1v) is 10.6. The molecule has 170 valence electrons. The topological polar surface area (TPSA) is 73.3 Å². The normalized spacial score (nSPS) is 17.8. The molecule has 0 saturated carbocycles. The molecule has 1 saturated heterocycles. The van der Waals surface area contributed by atoms with Gasteiger partial charge >= 0.3 is 0 Å². The summed E-state index contributed by atoms with van der Waals surface area (Å²) in [7, 11) is 9.37. The smallest absolute Gasteiger partial charge is 0.295 e. The van der Waals surface area contributed by atoms with Crippen molar-refractivity contribution in [3.63, 3.8) is 0 Å². The number of Topliss-reactive ketones (excluding diaryl/α,β-unsaturated/α-hetero) is 1. The molecule has 0 bridgehead atoms. The number of hydrogen-bond acceptors (Lipinski definition) is 6. The van der Waals surface area contributed by atoms with Gasteiger partial charge in [0.05, 0.1) is 18.7 Å². The van der Waals surface area contributed by atoms with E-state index in [2.05, 4.69) is 0 Å². The zero-order valence-electron chi connectivity index (χ0n) is 19.3. The van der Waals surface area contributed by atoms with Gasteiger partial charge < -0.3 is 24.5 Å². The highest BCUT2D eigenvalue weighted by atomic mass is 16.5. The summed E-state index contributed by atoms with van der Waals surface area (Å²) >= 11 is 0. The molecule has 0 aromatic heterocycles. The maximum absolute atomic E-state index is 13.1. The third-order valence-electron chi connectivity index (χ3n) is 5.61. The summed E-state index contributed by atoms with van der Waals surface area (Å²) in [6.07, 6.45) is 0.714. The number of likely N-dealkylation sites (tertiary alicyclic amines) is 1. The molecule has 1 N–H and O–H groups in total. The van der Waals surface area contributed by atoms with Crippen LogP contribution in [0.2, 0.25) is 0 Å². The predicted molar refractivity (Wildman–Crippen MR) is 126 cm³/mol. The van der Waals surface area contributed by atoms with Crippen LogP contribution < -0.4 is 9.64 Å². The van der Waals surface area contributed by atoms with Crippen LogP contribution in [0.25, 0.3) is 5.76 Å². The second kappa shape index (κ2) is 9.87. The number of hydrogen-bond donors (Lipinski definition) is 1. The van der Waals surface area contributed by atoms with Gasteiger partial charge in [-0.25, -0.2) is 0 Å². The van der Waals surface area contributed by atoms with Gasteiger partial charge in [0, 0.05) is 31.9 Å².